The summed E-state index contributed by atoms with van der Waals surface area (Å²) in [5, 5.41) is 3.47. The number of hydrogen-bond acceptors (Lipinski definition) is 2. The van der Waals surface area contributed by atoms with Gasteiger partial charge in [0.25, 0.3) is 5.56 Å². The van der Waals surface area contributed by atoms with Crippen molar-refractivity contribution in [2.24, 2.45) is 0 Å². The summed E-state index contributed by atoms with van der Waals surface area (Å²) in [5.74, 6) is -0.124. The first-order valence-electron chi connectivity index (χ1n) is 7.08. The van der Waals surface area contributed by atoms with E-state index in [-0.39, 0.29) is 18.0 Å². The van der Waals surface area contributed by atoms with E-state index in [1.807, 2.05) is 32.0 Å². The lowest BCUT2D eigenvalue weighted by molar-refractivity contribution is -0.116. The Labute approximate surface area is 127 Å². The lowest BCUT2D eigenvalue weighted by Crippen LogP contribution is -2.18. The quantitative estimate of drug-likeness (QED) is 0.780. The van der Waals surface area contributed by atoms with Crippen molar-refractivity contribution >= 4 is 22.5 Å². The summed E-state index contributed by atoms with van der Waals surface area (Å²) >= 11 is 0. The van der Waals surface area contributed by atoms with Crippen LogP contribution in [0.15, 0.2) is 47.5 Å². The van der Waals surface area contributed by atoms with Crippen LogP contribution in [0.2, 0.25) is 0 Å². The Morgan fingerprint density at radius 2 is 2.00 bits per heavy atom. The minimum atomic E-state index is -0.147. The number of aryl methyl sites for hydroxylation is 2. The highest BCUT2D eigenvalue weighted by Gasteiger charge is 2.08. The molecule has 2 N–H and O–H groups in total. The van der Waals surface area contributed by atoms with Crippen molar-refractivity contribution in [3.63, 3.8) is 0 Å². The van der Waals surface area contributed by atoms with E-state index in [0.717, 1.165) is 16.8 Å². The molecule has 22 heavy (non-hydrogen) atoms. The fourth-order valence-corrected chi connectivity index (χ4v) is 2.45. The van der Waals surface area contributed by atoms with Gasteiger partial charge in [0.2, 0.25) is 5.91 Å². The first-order valence-corrected chi connectivity index (χ1v) is 7.08. The number of nitrogens with zero attached hydrogens (tertiary/aromatic N) is 1. The molecule has 0 atom stereocenters. The molecule has 3 rings (SSSR count). The molecule has 5 heteroatoms. The zero-order valence-corrected chi connectivity index (χ0v) is 12.5. The molecule has 0 aliphatic heterocycles. The number of aromatic amines is 1. The SMILES string of the molecule is Cc1ccc(NC(=O)Cn2ccc3c(=O)[nH]ccc32)cc1C. The molecule has 0 spiro atoms. The molecule has 0 fully saturated rings. The van der Waals surface area contributed by atoms with Crippen LogP contribution in [0.1, 0.15) is 11.1 Å². The van der Waals surface area contributed by atoms with E-state index in [4.69, 9.17) is 0 Å². The summed E-state index contributed by atoms with van der Waals surface area (Å²) in [4.78, 5) is 26.5. The van der Waals surface area contributed by atoms with Gasteiger partial charge in [-0.3, -0.25) is 9.59 Å². The predicted molar refractivity (Wildman–Crippen MR) is 87.1 cm³/mol. The fraction of sp³-hybridized carbons (Fsp3) is 0.176. The average Bonchev–Trinajstić information content (AvgIpc) is 2.87. The second kappa shape index (κ2) is 5.52. The lowest BCUT2D eigenvalue weighted by atomic mass is 10.1. The zero-order valence-electron chi connectivity index (χ0n) is 12.5. The first-order chi connectivity index (χ1) is 10.5. The number of hydrogen-bond donors (Lipinski definition) is 2. The minimum Gasteiger partial charge on any atom is -0.338 e. The highest BCUT2D eigenvalue weighted by Crippen LogP contribution is 2.15. The number of rotatable bonds is 3. The van der Waals surface area contributed by atoms with Crippen molar-refractivity contribution in [2.75, 3.05) is 5.32 Å². The molecule has 2 heterocycles. The first kappa shape index (κ1) is 14.1. The Bertz CT molecular complexity index is 906. The van der Waals surface area contributed by atoms with Crippen LogP contribution >= 0.6 is 0 Å². The summed E-state index contributed by atoms with van der Waals surface area (Å²) in [6.45, 7) is 4.21. The van der Waals surface area contributed by atoms with Gasteiger partial charge in [-0.1, -0.05) is 6.07 Å². The van der Waals surface area contributed by atoms with Gasteiger partial charge < -0.3 is 14.9 Å². The highest BCUT2D eigenvalue weighted by molar-refractivity contribution is 5.92. The van der Waals surface area contributed by atoms with Gasteiger partial charge in [0.1, 0.15) is 6.54 Å². The number of anilines is 1. The number of amides is 1. The van der Waals surface area contributed by atoms with E-state index in [0.29, 0.717) is 5.39 Å². The monoisotopic (exact) mass is 295 g/mol. The molecule has 0 aliphatic rings. The molecule has 112 valence electrons. The lowest BCUT2D eigenvalue weighted by Gasteiger charge is -2.09. The maximum atomic E-state index is 12.2. The summed E-state index contributed by atoms with van der Waals surface area (Å²) in [6, 6.07) is 9.33. The highest BCUT2D eigenvalue weighted by atomic mass is 16.2. The second-order valence-electron chi connectivity index (χ2n) is 5.40. The normalized spacial score (nSPS) is 10.8. The Morgan fingerprint density at radius 3 is 2.77 bits per heavy atom. The fourth-order valence-electron chi connectivity index (χ4n) is 2.45. The predicted octanol–water partition coefficient (Wildman–Crippen LogP) is 2.59. The molecule has 0 saturated heterocycles. The topological polar surface area (TPSA) is 66.9 Å². The molecular formula is C17H17N3O2. The van der Waals surface area contributed by atoms with Crippen molar-refractivity contribution < 1.29 is 4.79 Å². The summed E-state index contributed by atoms with van der Waals surface area (Å²) in [6.07, 6.45) is 3.34. The number of carbonyl (C=O) groups is 1. The van der Waals surface area contributed by atoms with Crippen LogP contribution in [0.5, 0.6) is 0 Å². The summed E-state index contributed by atoms with van der Waals surface area (Å²) in [5.41, 5.74) is 3.71. The third kappa shape index (κ3) is 2.65. The van der Waals surface area contributed by atoms with Gasteiger partial charge in [-0.15, -0.1) is 0 Å². The smallest absolute Gasteiger partial charge is 0.257 e. The standard InChI is InChI=1S/C17H17N3O2/c1-11-3-4-13(9-12(11)2)19-16(21)10-20-8-6-14-15(20)5-7-18-17(14)22/h3-9H,10H2,1-2H3,(H,18,22)(H,19,21). The number of fused-ring (bicyclic) bond motifs is 1. The van der Waals surface area contributed by atoms with Crippen molar-refractivity contribution in [2.45, 2.75) is 20.4 Å². The Hall–Kier alpha value is -2.82. The number of pyridine rings is 1. The molecule has 3 aromatic rings. The van der Waals surface area contributed by atoms with Gasteiger partial charge in [-0.2, -0.15) is 0 Å². The van der Waals surface area contributed by atoms with E-state index in [9.17, 15) is 9.59 Å². The molecular weight excluding hydrogens is 278 g/mol. The van der Waals surface area contributed by atoms with Gasteiger partial charge in [0, 0.05) is 18.1 Å². The third-order valence-corrected chi connectivity index (χ3v) is 3.81. The third-order valence-electron chi connectivity index (χ3n) is 3.81. The summed E-state index contributed by atoms with van der Waals surface area (Å²) in [7, 11) is 0. The van der Waals surface area contributed by atoms with E-state index in [1.54, 1.807) is 29.1 Å². The maximum absolute atomic E-state index is 12.2. The van der Waals surface area contributed by atoms with Crippen LogP contribution in [0.4, 0.5) is 5.69 Å². The number of aromatic nitrogens is 2. The van der Waals surface area contributed by atoms with E-state index >= 15 is 0 Å². The second-order valence-corrected chi connectivity index (χ2v) is 5.40. The van der Waals surface area contributed by atoms with Crippen LogP contribution in [0.3, 0.4) is 0 Å². The molecule has 0 aliphatic carbocycles. The van der Waals surface area contributed by atoms with Gasteiger partial charge in [0.15, 0.2) is 0 Å². The molecule has 1 amide bonds. The van der Waals surface area contributed by atoms with Gasteiger partial charge >= 0.3 is 0 Å². The van der Waals surface area contributed by atoms with Gasteiger partial charge in [-0.05, 0) is 49.2 Å². The van der Waals surface area contributed by atoms with E-state index < -0.39 is 0 Å². The van der Waals surface area contributed by atoms with Crippen molar-refractivity contribution in [1.82, 2.24) is 9.55 Å². The Morgan fingerprint density at radius 1 is 1.18 bits per heavy atom. The van der Waals surface area contributed by atoms with E-state index in [2.05, 4.69) is 10.3 Å². The van der Waals surface area contributed by atoms with E-state index in [1.165, 1.54) is 5.56 Å². The van der Waals surface area contributed by atoms with Crippen LogP contribution in [0.25, 0.3) is 10.9 Å². The zero-order chi connectivity index (χ0) is 15.7. The van der Waals surface area contributed by atoms with Crippen LogP contribution in [-0.4, -0.2) is 15.5 Å². The molecule has 0 saturated carbocycles. The van der Waals surface area contributed by atoms with Crippen LogP contribution in [-0.2, 0) is 11.3 Å². The average molecular weight is 295 g/mol. The Kier molecular flexibility index (Phi) is 3.55. The largest absolute Gasteiger partial charge is 0.338 e. The Balaban J connectivity index is 1.80. The van der Waals surface area contributed by atoms with Gasteiger partial charge in [0.05, 0.1) is 10.9 Å². The van der Waals surface area contributed by atoms with Gasteiger partial charge in [-0.25, -0.2) is 0 Å². The number of H-pyrrole nitrogens is 1. The molecule has 2 aromatic heterocycles. The van der Waals surface area contributed by atoms with Crippen LogP contribution < -0.4 is 10.9 Å². The molecule has 0 radical (unpaired) electrons. The summed E-state index contributed by atoms with van der Waals surface area (Å²) < 4.78 is 1.76. The van der Waals surface area contributed by atoms with Crippen molar-refractivity contribution in [3.8, 4) is 0 Å². The molecule has 5 nitrogen and oxygen atoms in total. The van der Waals surface area contributed by atoms with Crippen molar-refractivity contribution in [1.29, 1.82) is 0 Å². The molecule has 1 aromatic carbocycles. The van der Waals surface area contributed by atoms with Crippen LogP contribution in [0, 0.1) is 13.8 Å². The number of nitrogens with one attached hydrogen (secondary N) is 2. The number of benzene rings is 1. The molecule has 0 unspecified atom stereocenters. The number of carbonyl (C=O) groups excluding carboxylic acids is 1. The molecule has 0 bridgehead atoms. The maximum Gasteiger partial charge on any atom is 0.257 e. The minimum absolute atomic E-state index is 0.124. The van der Waals surface area contributed by atoms with Crippen molar-refractivity contribution in [3.05, 3.63) is 64.2 Å².